The van der Waals surface area contributed by atoms with E-state index >= 15 is 0 Å². The summed E-state index contributed by atoms with van der Waals surface area (Å²) in [6.07, 6.45) is 0.957. The minimum atomic E-state index is 0.130. The van der Waals surface area contributed by atoms with E-state index in [1.54, 1.807) is 18.9 Å². The Labute approximate surface area is 119 Å². The van der Waals surface area contributed by atoms with Crippen molar-refractivity contribution in [3.63, 3.8) is 0 Å². The topological polar surface area (TPSA) is 35.2 Å². The molecule has 3 heteroatoms. The van der Waals surface area contributed by atoms with Gasteiger partial charge in [0.1, 0.15) is 5.75 Å². The monoisotopic (exact) mass is 273 g/mol. The zero-order valence-corrected chi connectivity index (χ0v) is 12.1. The molecule has 0 aliphatic rings. The van der Waals surface area contributed by atoms with Crippen LogP contribution in [-0.2, 0) is 0 Å². The standard InChI is InChI=1S/C16H19NOS/c1-3-14(17)12-8-10-13(11-9-12)19-16-7-5-4-6-15(16)18-2/h4-11,14H,3,17H2,1-2H3/t14-/m0/s1. The molecule has 0 fully saturated rings. The van der Waals surface area contributed by atoms with Crippen LogP contribution in [0, 0.1) is 0 Å². The molecular weight excluding hydrogens is 254 g/mol. The Kier molecular flexibility index (Phi) is 4.88. The van der Waals surface area contributed by atoms with Crippen molar-refractivity contribution in [3.05, 3.63) is 54.1 Å². The first-order valence-electron chi connectivity index (χ1n) is 6.41. The fourth-order valence-electron chi connectivity index (χ4n) is 1.85. The van der Waals surface area contributed by atoms with Gasteiger partial charge in [0, 0.05) is 10.9 Å². The quantitative estimate of drug-likeness (QED) is 0.884. The number of ether oxygens (including phenoxy) is 1. The molecule has 0 spiro atoms. The summed E-state index contributed by atoms with van der Waals surface area (Å²) in [5.74, 6) is 0.904. The number of methoxy groups -OCH3 is 1. The van der Waals surface area contributed by atoms with Crippen molar-refractivity contribution in [2.75, 3.05) is 7.11 Å². The molecule has 19 heavy (non-hydrogen) atoms. The average molecular weight is 273 g/mol. The van der Waals surface area contributed by atoms with Crippen LogP contribution in [0.5, 0.6) is 5.75 Å². The number of rotatable bonds is 5. The van der Waals surface area contributed by atoms with Crippen molar-refractivity contribution in [1.29, 1.82) is 0 Å². The van der Waals surface area contributed by atoms with Gasteiger partial charge in [-0.15, -0.1) is 0 Å². The summed E-state index contributed by atoms with van der Waals surface area (Å²) in [5, 5.41) is 0. The molecule has 0 amide bonds. The molecule has 0 unspecified atom stereocenters. The highest BCUT2D eigenvalue weighted by molar-refractivity contribution is 7.99. The molecule has 2 aromatic rings. The normalized spacial score (nSPS) is 12.2. The van der Waals surface area contributed by atoms with Crippen LogP contribution in [0.15, 0.2) is 58.3 Å². The van der Waals surface area contributed by atoms with Crippen LogP contribution in [0.3, 0.4) is 0 Å². The number of hydrogen-bond acceptors (Lipinski definition) is 3. The molecule has 0 saturated heterocycles. The van der Waals surface area contributed by atoms with Crippen LogP contribution in [-0.4, -0.2) is 7.11 Å². The van der Waals surface area contributed by atoms with Crippen molar-refractivity contribution in [1.82, 2.24) is 0 Å². The van der Waals surface area contributed by atoms with Crippen LogP contribution in [0.1, 0.15) is 24.9 Å². The molecule has 0 radical (unpaired) electrons. The van der Waals surface area contributed by atoms with Crippen molar-refractivity contribution >= 4 is 11.8 Å². The summed E-state index contributed by atoms with van der Waals surface area (Å²) in [5.41, 5.74) is 7.20. The summed E-state index contributed by atoms with van der Waals surface area (Å²) in [4.78, 5) is 2.31. The van der Waals surface area contributed by atoms with Gasteiger partial charge in [0.15, 0.2) is 0 Å². The summed E-state index contributed by atoms with van der Waals surface area (Å²) < 4.78 is 5.36. The second-order valence-corrected chi connectivity index (χ2v) is 5.45. The lowest BCUT2D eigenvalue weighted by molar-refractivity contribution is 0.405. The second-order valence-electron chi connectivity index (χ2n) is 4.34. The van der Waals surface area contributed by atoms with E-state index in [1.807, 2.05) is 18.2 Å². The molecular formula is C16H19NOS. The first-order chi connectivity index (χ1) is 9.24. The van der Waals surface area contributed by atoms with E-state index in [0.717, 1.165) is 17.1 Å². The number of benzene rings is 2. The predicted octanol–water partition coefficient (Wildman–Crippen LogP) is 4.26. The highest BCUT2D eigenvalue weighted by atomic mass is 32.2. The molecule has 2 N–H and O–H groups in total. The maximum absolute atomic E-state index is 6.02. The van der Waals surface area contributed by atoms with Crippen molar-refractivity contribution in [2.24, 2.45) is 5.73 Å². The zero-order chi connectivity index (χ0) is 13.7. The SMILES string of the molecule is CC[C@H](N)c1ccc(Sc2ccccc2OC)cc1. The van der Waals surface area contributed by atoms with E-state index in [1.165, 1.54) is 10.5 Å². The van der Waals surface area contributed by atoms with Crippen LogP contribution in [0.4, 0.5) is 0 Å². The van der Waals surface area contributed by atoms with E-state index in [0.29, 0.717) is 0 Å². The van der Waals surface area contributed by atoms with Gasteiger partial charge in [-0.05, 0) is 36.2 Å². The van der Waals surface area contributed by atoms with E-state index in [4.69, 9.17) is 10.5 Å². The number of nitrogens with two attached hydrogens (primary N) is 1. The first kappa shape index (κ1) is 14.0. The molecule has 0 aromatic heterocycles. The summed E-state index contributed by atoms with van der Waals surface area (Å²) in [6, 6.07) is 16.6. The lowest BCUT2D eigenvalue weighted by Gasteiger charge is -2.11. The molecule has 100 valence electrons. The van der Waals surface area contributed by atoms with Crippen molar-refractivity contribution < 1.29 is 4.74 Å². The maximum atomic E-state index is 6.02. The minimum absolute atomic E-state index is 0.130. The largest absolute Gasteiger partial charge is 0.496 e. The van der Waals surface area contributed by atoms with Gasteiger partial charge in [-0.1, -0.05) is 43.0 Å². The Morgan fingerprint density at radius 3 is 2.42 bits per heavy atom. The molecule has 0 aliphatic heterocycles. The minimum Gasteiger partial charge on any atom is -0.496 e. The van der Waals surface area contributed by atoms with Gasteiger partial charge in [-0.25, -0.2) is 0 Å². The highest BCUT2D eigenvalue weighted by Crippen LogP contribution is 2.34. The lowest BCUT2D eigenvalue weighted by Crippen LogP contribution is -2.07. The zero-order valence-electron chi connectivity index (χ0n) is 11.3. The predicted molar refractivity (Wildman–Crippen MR) is 80.8 cm³/mol. The smallest absolute Gasteiger partial charge is 0.132 e. The van der Waals surface area contributed by atoms with Crippen LogP contribution < -0.4 is 10.5 Å². The summed E-state index contributed by atoms with van der Waals surface area (Å²) in [6.45, 7) is 2.10. The Hall–Kier alpha value is -1.45. The highest BCUT2D eigenvalue weighted by Gasteiger charge is 2.06. The van der Waals surface area contributed by atoms with Gasteiger partial charge >= 0.3 is 0 Å². The van der Waals surface area contributed by atoms with Gasteiger partial charge in [0.25, 0.3) is 0 Å². The molecule has 2 rings (SSSR count). The Morgan fingerprint density at radius 2 is 1.79 bits per heavy atom. The fraction of sp³-hybridized carbons (Fsp3) is 0.250. The van der Waals surface area contributed by atoms with Crippen molar-refractivity contribution in [3.8, 4) is 5.75 Å². The summed E-state index contributed by atoms with van der Waals surface area (Å²) in [7, 11) is 1.70. The third-order valence-corrected chi connectivity index (χ3v) is 4.11. The van der Waals surface area contributed by atoms with E-state index in [9.17, 15) is 0 Å². The van der Waals surface area contributed by atoms with E-state index in [2.05, 4.69) is 37.3 Å². The second kappa shape index (κ2) is 6.64. The van der Waals surface area contributed by atoms with Gasteiger partial charge in [-0.3, -0.25) is 0 Å². The van der Waals surface area contributed by atoms with Crippen LogP contribution in [0.2, 0.25) is 0 Å². The van der Waals surface area contributed by atoms with Crippen LogP contribution in [0.25, 0.3) is 0 Å². The number of para-hydroxylation sites is 1. The van der Waals surface area contributed by atoms with Gasteiger partial charge < -0.3 is 10.5 Å². The molecule has 0 saturated carbocycles. The Bertz CT molecular complexity index is 525. The Morgan fingerprint density at radius 1 is 1.11 bits per heavy atom. The third-order valence-electron chi connectivity index (χ3n) is 3.04. The van der Waals surface area contributed by atoms with Crippen LogP contribution >= 0.6 is 11.8 Å². The average Bonchev–Trinajstić information content (AvgIpc) is 2.48. The molecule has 0 heterocycles. The fourth-order valence-corrected chi connectivity index (χ4v) is 2.77. The number of hydrogen-bond donors (Lipinski definition) is 1. The molecule has 2 aromatic carbocycles. The summed E-state index contributed by atoms with van der Waals surface area (Å²) >= 11 is 1.70. The first-order valence-corrected chi connectivity index (χ1v) is 7.22. The lowest BCUT2D eigenvalue weighted by atomic mass is 10.1. The maximum Gasteiger partial charge on any atom is 0.132 e. The van der Waals surface area contributed by atoms with E-state index < -0.39 is 0 Å². The Balaban J connectivity index is 2.15. The van der Waals surface area contributed by atoms with Gasteiger partial charge in [0.05, 0.1) is 12.0 Å². The van der Waals surface area contributed by atoms with Crippen molar-refractivity contribution in [2.45, 2.75) is 29.2 Å². The molecule has 0 bridgehead atoms. The van der Waals surface area contributed by atoms with Gasteiger partial charge in [-0.2, -0.15) is 0 Å². The molecule has 0 aliphatic carbocycles. The third kappa shape index (κ3) is 3.52. The van der Waals surface area contributed by atoms with E-state index in [-0.39, 0.29) is 6.04 Å². The molecule has 1 atom stereocenters. The van der Waals surface area contributed by atoms with Gasteiger partial charge in [0.2, 0.25) is 0 Å². The molecule has 2 nitrogen and oxygen atoms in total.